The number of rotatable bonds is 7. The highest BCUT2D eigenvalue weighted by Gasteiger charge is 2.32. The number of likely N-dealkylation sites (N-methyl/N-ethyl adjacent to an activating group) is 1. The van der Waals surface area contributed by atoms with Crippen molar-refractivity contribution in [1.82, 2.24) is 19.4 Å². The Balaban J connectivity index is 1.79. The molecule has 2 heterocycles. The number of aromatic nitrogens is 2. The Bertz CT molecular complexity index is 1470. The fourth-order valence-electron chi connectivity index (χ4n) is 4.30. The quantitative estimate of drug-likeness (QED) is 0.438. The number of benzene rings is 2. The average Bonchev–Trinajstić information content (AvgIpc) is 2.81. The number of ether oxygens (including phenoxy) is 1. The number of sulfone groups is 1. The normalized spacial score (nSPS) is 15.8. The molecule has 1 aliphatic heterocycles. The first-order valence-electron chi connectivity index (χ1n) is 11.6. The van der Waals surface area contributed by atoms with Gasteiger partial charge in [-0.3, -0.25) is 14.3 Å². The number of piperazine rings is 1. The molecule has 0 radical (unpaired) electrons. The smallest absolute Gasteiger partial charge is 0.406 e. The zero-order chi connectivity index (χ0) is 27.0. The van der Waals surface area contributed by atoms with Crippen LogP contribution in [-0.2, 0) is 22.9 Å². The number of alkyl halides is 3. The van der Waals surface area contributed by atoms with Gasteiger partial charge in [0.05, 0.1) is 34.4 Å². The topological polar surface area (TPSA) is 84.7 Å². The Labute approximate surface area is 217 Å². The fourth-order valence-corrected chi connectivity index (χ4v) is 5.61. The van der Waals surface area contributed by atoms with Crippen LogP contribution < -0.4 is 10.3 Å². The highest BCUT2D eigenvalue weighted by molar-refractivity contribution is 7.91. The van der Waals surface area contributed by atoms with Crippen molar-refractivity contribution in [2.75, 3.05) is 39.0 Å². The highest BCUT2D eigenvalue weighted by Crippen LogP contribution is 2.29. The zero-order valence-corrected chi connectivity index (χ0v) is 21.8. The lowest BCUT2D eigenvalue weighted by Gasteiger charge is -2.32. The SMILES string of the molecule is CCS(=O)(=O)c1ccc(Cl)cc1Cn1cnc2c(CN3CCN(C)CC3)cc(OC(F)(F)F)cc2c1=O. The van der Waals surface area contributed by atoms with Crippen LogP contribution in [0, 0.1) is 0 Å². The molecule has 0 bridgehead atoms. The number of nitrogens with zero attached hydrogens (tertiary/aromatic N) is 4. The first-order chi connectivity index (χ1) is 17.4. The van der Waals surface area contributed by atoms with Gasteiger partial charge in [0.2, 0.25) is 0 Å². The highest BCUT2D eigenvalue weighted by atomic mass is 35.5. The van der Waals surface area contributed by atoms with E-state index in [2.05, 4.69) is 19.5 Å². The molecule has 37 heavy (non-hydrogen) atoms. The van der Waals surface area contributed by atoms with E-state index in [0.29, 0.717) is 25.2 Å². The molecule has 1 fully saturated rings. The molecule has 1 saturated heterocycles. The summed E-state index contributed by atoms with van der Waals surface area (Å²) in [6, 6.07) is 6.54. The standard InChI is InChI=1S/C24H26ClF3N4O4S/c1-3-37(34,35)21-5-4-18(25)10-16(21)14-32-15-29-22-17(13-31-8-6-30(2)7-9-31)11-19(36-24(26,27)28)12-20(22)23(32)33/h4-5,10-12,15H,3,6-9,13-14H2,1-2H3. The van der Waals surface area contributed by atoms with E-state index in [1.165, 1.54) is 37.5 Å². The Hall–Kier alpha value is -2.67. The first-order valence-corrected chi connectivity index (χ1v) is 13.6. The second kappa shape index (κ2) is 10.6. The number of fused-ring (bicyclic) bond motifs is 1. The van der Waals surface area contributed by atoms with Crippen molar-refractivity contribution in [1.29, 1.82) is 0 Å². The molecule has 13 heteroatoms. The van der Waals surface area contributed by atoms with E-state index in [1.54, 1.807) is 0 Å². The summed E-state index contributed by atoms with van der Waals surface area (Å²) >= 11 is 6.09. The van der Waals surface area contributed by atoms with Crippen molar-refractivity contribution in [3.8, 4) is 5.75 Å². The molecule has 8 nitrogen and oxygen atoms in total. The molecule has 0 amide bonds. The first kappa shape index (κ1) is 27.4. The summed E-state index contributed by atoms with van der Waals surface area (Å²) in [5, 5.41) is 0.220. The van der Waals surface area contributed by atoms with Crippen LogP contribution in [0.2, 0.25) is 5.02 Å². The maximum atomic E-state index is 13.4. The lowest BCUT2D eigenvalue weighted by molar-refractivity contribution is -0.274. The zero-order valence-electron chi connectivity index (χ0n) is 20.3. The summed E-state index contributed by atoms with van der Waals surface area (Å²) in [5.74, 6) is -0.668. The Morgan fingerprint density at radius 2 is 1.76 bits per heavy atom. The van der Waals surface area contributed by atoms with Gasteiger partial charge in [-0.1, -0.05) is 18.5 Å². The second-order valence-corrected chi connectivity index (χ2v) is 11.6. The molecule has 1 aromatic heterocycles. The maximum Gasteiger partial charge on any atom is 0.573 e. The van der Waals surface area contributed by atoms with Crippen molar-refractivity contribution >= 4 is 32.3 Å². The third kappa shape index (κ3) is 6.43. The number of hydrogen-bond donors (Lipinski definition) is 0. The van der Waals surface area contributed by atoms with Gasteiger partial charge in [0.1, 0.15) is 5.75 Å². The summed E-state index contributed by atoms with van der Waals surface area (Å²) in [5.41, 5.74) is 0.347. The van der Waals surface area contributed by atoms with Crippen molar-refractivity contribution < 1.29 is 26.3 Å². The van der Waals surface area contributed by atoms with Crippen LogP contribution in [0.4, 0.5) is 13.2 Å². The van der Waals surface area contributed by atoms with Crippen LogP contribution >= 0.6 is 11.6 Å². The molecular formula is C24H26ClF3N4O4S. The molecule has 0 aliphatic carbocycles. The largest absolute Gasteiger partial charge is 0.573 e. The van der Waals surface area contributed by atoms with Crippen molar-refractivity contribution in [2.45, 2.75) is 31.3 Å². The molecule has 0 saturated carbocycles. The van der Waals surface area contributed by atoms with Gasteiger partial charge in [0.15, 0.2) is 9.84 Å². The van der Waals surface area contributed by atoms with Gasteiger partial charge in [0, 0.05) is 37.7 Å². The monoisotopic (exact) mass is 558 g/mol. The third-order valence-electron chi connectivity index (χ3n) is 6.28. The molecule has 0 atom stereocenters. The van der Waals surface area contributed by atoms with E-state index >= 15 is 0 Å². The minimum atomic E-state index is -4.94. The summed E-state index contributed by atoms with van der Waals surface area (Å²) < 4.78 is 69.7. The van der Waals surface area contributed by atoms with E-state index < -0.39 is 27.5 Å². The summed E-state index contributed by atoms with van der Waals surface area (Å²) in [4.78, 5) is 22.1. The Morgan fingerprint density at radius 1 is 1.05 bits per heavy atom. The van der Waals surface area contributed by atoms with Crippen LogP contribution in [0.1, 0.15) is 18.1 Å². The number of halogens is 4. The molecule has 2 aromatic carbocycles. The van der Waals surface area contributed by atoms with E-state index in [9.17, 15) is 26.4 Å². The fraction of sp³-hybridized carbons (Fsp3) is 0.417. The third-order valence-corrected chi connectivity index (χ3v) is 8.35. The van der Waals surface area contributed by atoms with Crippen LogP contribution in [0.5, 0.6) is 5.75 Å². The molecule has 0 unspecified atom stereocenters. The predicted molar refractivity (Wildman–Crippen MR) is 134 cm³/mol. The van der Waals surface area contributed by atoms with Gasteiger partial charge in [-0.15, -0.1) is 13.2 Å². The van der Waals surface area contributed by atoms with Crippen LogP contribution in [0.3, 0.4) is 0 Å². The summed E-state index contributed by atoms with van der Waals surface area (Å²) in [7, 11) is -1.63. The van der Waals surface area contributed by atoms with Gasteiger partial charge >= 0.3 is 6.36 Å². The summed E-state index contributed by atoms with van der Waals surface area (Å²) in [6.45, 7) is 4.64. The molecule has 200 valence electrons. The predicted octanol–water partition coefficient (Wildman–Crippen LogP) is 3.54. The Kier molecular flexibility index (Phi) is 7.84. The van der Waals surface area contributed by atoms with Crippen LogP contribution in [-0.4, -0.2) is 73.1 Å². The van der Waals surface area contributed by atoms with Crippen LogP contribution in [0.25, 0.3) is 10.9 Å². The van der Waals surface area contributed by atoms with E-state index in [4.69, 9.17) is 11.6 Å². The van der Waals surface area contributed by atoms with E-state index in [0.717, 1.165) is 23.7 Å². The summed E-state index contributed by atoms with van der Waals surface area (Å²) in [6.07, 6.45) is -3.67. The molecular weight excluding hydrogens is 533 g/mol. The van der Waals surface area contributed by atoms with Gasteiger partial charge in [0.25, 0.3) is 5.56 Å². The average molecular weight is 559 g/mol. The molecule has 3 aromatic rings. The van der Waals surface area contributed by atoms with Gasteiger partial charge < -0.3 is 9.64 Å². The molecule has 0 spiro atoms. The van der Waals surface area contributed by atoms with Gasteiger partial charge in [-0.25, -0.2) is 13.4 Å². The maximum absolute atomic E-state index is 13.4. The number of hydrogen-bond acceptors (Lipinski definition) is 7. The molecule has 0 N–H and O–H groups in total. The molecule has 1 aliphatic rings. The van der Waals surface area contributed by atoms with Crippen molar-refractivity contribution in [2.24, 2.45) is 0 Å². The Morgan fingerprint density at radius 3 is 2.41 bits per heavy atom. The molecule has 4 rings (SSSR count). The van der Waals surface area contributed by atoms with Crippen molar-refractivity contribution in [3.05, 3.63) is 63.2 Å². The minimum Gasteiger partial charge on any atom is -0.406 e. The van der Waals surface area contributed by atoms with Crippen LogP contribution in [0.15, 0.2) is 46.3 Å². The second-order valence-electron chi connectivity index (χ2n) is 8.94. The lowest BCUT2D eigenvalue weighted by atomic mass is 10.1. The van der Waals surface area contributed by atoms with Gasteiger partial charge in [-0.05, 0) is 48.5 Å². The van der Waals surface area contributed by atoms with Gasteiger partial charge in [-0.2, -0.15) is 0 Å². The van der Waals surface area contributed by atoms with E-state index in [1.807, 2.05) is 7.05 Å². The van der Waals surface area contributed by atoms with E-state index in [-0.39, 0.29) is 38.7 Å². The minimum absolute atomic E-state index is 0.0244. The van der Waals surface area contributed by atoms with Crippen molar-refractivity contribution in [3.63, 3.8) is 0 Å². The lowest BCUT2D eigenvalue weighted by Crippen LogP contribution is -2.43.